The molecule has 1 aliphatic carbocycles. The van der Waals surface area contributed by atoms with E-state index < -0.39 is 10.0 Å². The zero-order valence-electron chi connectivity index (χ0n) is 15.2. The molecule has 2 aromatic carbocycles. The number of anilines is 2. The monoisotopic (exact) mass is 406 g/mol. The summed E-state index contributed by atoms with van der Waals surface area (Å²) in [6.45, 7) is 0. The average Bonchev–Trinajstić information content (AvgIpc) is 3.06. The third-order valence-electron chi connectivity index (χ3n) is 4.22. The van der Waals surface area contributed by atoms with E-state index in [0.717, 1.165) is 24.0 Å². The molecular weight excluding hydrogens is 384 g/mol. The molecule has 0 aliphatic heterocycles. The molecule has 2 aromatic rings. The predicted molar refractivity (Wildman–Crippen MR) is 109 cm³/mol. The minimum Gasteiger partial charge on any atom is -0.495 e. The van der Waals surface area contributed by atoms with Crippen molar-refractivity contribution in [3.05, 3.63) is 47.5 Å². The van der Waals surface area contributed by atoms with Gasteiger partial charge in [-0.25, -0.2) is 8.42 Å². The van der Waals surface area contributed by atoms with Crippen molar-refractivity contribution < 1.29 is 17.9 Å². The van der Waals surface area contributed by atoms with Gasteiger partial charge in [0, 0.05) is 10.6 Å². The summed E-state index contributed by atoms with van der Waals surface area (Å²) < 4.78 is 30.5. The quantitative estimate of drug-likeness (QED) is 0.690. The molecule has 8 heteroatoms. The van der Waals surface area contributed by atoms with Gasteiger partial charge in [-0.1, -0.05) is 6.07 Å². The number of carbonyl (C=O) groups excluding carboxylic acids is 1. The Labute approximate surface area is 163 Å². The van der Waals surface area contributed by atoms with Crippen molar-refractivity contribution in [2.75, 3.05) is 29.2 Å². The third-order valence-corrected chi connectivity index (χ3v) is 5.80. The topological polar surface area (TPSA) is 84.5 Å². The number of hydrogen-bond donors (Lipinski definition) is 2. The molecule has 1 aliphatic rings. The van der Waals surface area contributed by atoms with Gasteiger partial charge < -0.3 is 10.1 Å². The maximum atomic E-state index is 12.3. The number of sulfonamides is 1. The Hall–Kier alpha value is -2.19. The van der Waals surface area contributed by atoms with Crippen molar-refractivity contribution >= 4 is 39.1 Å². The number of methoxy groups -OCH3 is 1. The summed E-state index contributed by atoms with van der Waals surface area (Å²) in [5.74, 6) is 0.501. The van der Waals surface area contributed by atoms with E-state index in [1.807, 2.05) is 0 Å². The van der Waals surface area contributed by atoms with Crippen LogP contribution in [0.1, 0.15) is 17.5 Å². The van der Waals surface area contributed by atoms with Gasteiger partial charge in [0.2, 0.25) is 15.9 Å². The fourth-order valence-corrected chi connectivity index (χ4v) is 4.37. The van der Waals surface area contributed by atoms with Crippen molar-refractivity contribution in [2.45, 2.75) is 24.2 Å². The number of ether oxygens (including phenoxy) is 1. The average molecular weight is 407 g/mol. The summed E-state index contributed by atoms with van der Waals surface area (Å²) in [7, 11) is -2.00. The fourth-order valence-electron chi connectivity index (χ4n) is 3.05. The minimum absolute atomic E-state index is 0.157. The molecule has 1 amide bonds. The van der Waals surface area contributed by atoms with Gasteiger partial charge >= 0.3 is 0 Å². The molecule has 0 radical (unpaired) electrons. The Morgan fingerprint density at radius 2 is 1.93 bits per heavy atom. The van der Waals surface area contributed by atoms with Crippen LogP contribution in [0.5, 0.6) is 5.75 Å². The second kappa shape index (κ2) is 8.22. The smallest absolute Gasteiger partial charge is 0.234 e. The van der Waals surface area contributed by atoms with Crippen LogP contribution in [0.3, 0.4) is 0 Å². The summed E-state index contributed by atoms with van der Waals surface area (Å²) in [5, 5.41) is 2.79. The SMILES string of the molecule is COc1ccc(NC(=O)CSc2ccc3c(c2)CCC3)cc1NS(C)(=O)=O. The van der Waals surface area contributed by atoms with Crippen LogP contribution in [0.4, 0.5) is 11.4 Å². The van der Waals surface area contributed by atoms with Crippen molar-refractivity contribution in [1.82, 2.24) is 0 Å². The molecule has 6 nitrogen and oxygen atoms in total. The summed E-state index contributed by atoms with van der Waals surface area (Å²) >= 11 is 1.49. The van der Waals surface area contributed by atoms with Crippen molar-refractivity contribution in [2.24, 2.45) is 0 Å². The highest BCUT2D eigenvalue weighted by Crippen LogP contribution is 2.30. The van der Waals surface area contributed by atoms with Crippen LogP contribution in [0.15, 0.2) is 41.3 Å². The van der Waals surface area contributed by atoms with Gasteiger partial charge in [-0.05, 0) is 60.7 Å². The maximum Gasteiger partial charge on any atom is 0.234 e. The summed E-state index contributed by atoms with van der Waals surface area (Å²) in [6.07, 6.45) is 4.51. The number of fused-ring (bicyclic) bond motifs is 1. The Morgan fingerprint density at radius 3 is 2.67 bits per heavy atom. The molecule has 27 heavy (non-hydrogen) atoms. The number of aryl methyl sites for hydroxylation is 2. The van der Waals surface area contributed by atoms with E-state index in [4.69, 9.17) is 4.74 Å². The van der Waals surface area contributed by atoms with Gasteiger partial charge in [-0.15, -0.1) is 11.8 Å². The van der Waals surface area contributed by atoms with E-state index in [0.29, 0.717) is 11.4 Å². The molecule has 0 spiro atoms. The van der Waals surface area contributed by atoms with Gasteiger partial charge in [0.05, 0.1) is 24.8 Å². The van der Waals surface area contributed by atoms with Crippen LogP contribution in [0.2, 0.25) is 0 Å². The first kappa shape index (κ1) is 19.6. The van der Waals surface area contributed by atoms with E-state index in [1.165, 1.54) is 42.5 Å². The van der Waals surface area contributed by atoms with Crippen molar-refractivity contribution in [3.8, 4) is 5.75 Å². The van der Waals surface area contributed by atoms with Crippen LogP contribution in [-0.2, 0) is 27.7 Å². The Bertz CT molecular complexity index is 958. The van der Waals surface area contributed by atoms with Crippen LogP contribution in [0.25, 0.3) is 0 Å². The van der Waals surface area contributed by atoms with Crippen molar-refractivity contribution in [1.29, 1.82) is 0 Å². The molecule has 2 N–H and O–H groups in total. The standard InChI is InChI=1S/C19H22N2O4S2/c1-25-18-9-7-15(11-17(18)21-27(2,23)24)20-19(22)12-26-16-8-6-13-4-3-5-14(13)10-16/h6-11,21H,3-5,12H2,1-2H3,(H,20,22). The molecule has 0 heterocycles. The van der Waals surface area contributed by atoms with Crippen LogP contribution in [0, 0.1) is 0 Å². The molecule has 0 unspecified atom stereocenters. The lowest BCUT2D eigenvalue weighted by atomic mass is 10.1. The van der Waals surface area contributed by atoms with Crippen LogP contribution < -0.4 is 14.8 Å². The van der Waals surface area contributed by atoms with E-state index in [1.54, 1.807) is 12.1 Å². The zero-order chi connectivity index (χ0) is 19.4. The van der Waals surface area contributed by atoms with E-state index >= 15 is 0 Å². The first-order valence-electron chi connectivity index (χ1n) is 8.54. The number of amides is 1. The summed E-state index contributed by atoms with van der Waals surface area (Å²) in [4.78, 5) is 13.4. The molecule has 0 aromatic heterocycles. The lowest BCUT2D eigenvalue weighted by Gasteiger charge is -2.12. The lowest BCUT2D eigenvalue weighted by molar-refractivity contribution is -0.113. The number of nitrogens with one attached hydrogen (secondary N) is 2. The number of thioether (sulfide) groups is 1. The fraction of sp³-hybridized carbons (Fsp3) is 0.316. The second-order valence-electron chi connectivity index (χ2n) is 6.41. The number of hydrogen-bond acceptors (Lipinski definition) is 5. The Balaban J connectivity index is 1.62. The normalized spacial score (nSPS) is 13.1. The van der Waals surface area contributed by atoms with Gasteiger partial charge in [0.15, 0.2) is 0 Å². The van der Waals surface area contributed by atoms with Gasteiger partial charge in [0.1, 0.15) is 5.75 Å². The van der Waals surface area contributed by atoms with Gasteiger partial charge in [-0.3, -0.25) is 9.52 Å². The van der Waals surface area contributed by atoms with E-state index in [9.17, 15) is 13.2 Å². The van der Waals surface area contributed by atoms with Crippen LogP contribution in [-0.4, -0.2) is 33.4 Å². The third kappa shape index (κ3) is 5.40. The molecule has 0 atom stereocenters. The first-order valence-corrected chi connectivity index (χ1v) is 11.4. The Morgan fingerprint density at radius 1 is 1.15 bits per heavy atom. The van der Waals surface area contributed by atoms with Gasteiger partial charge in [-0.2, -0.15) is 0 Å². The predicted octanol–water partition coefficient (Wildman–Crippen LogP) is 3.29. The van der Waals surface area contributed by atoms with E-state index in [-0.39, 0.29) is 17.3 Å². The highest BCUT2D eigenvalue weighted by atomic mass is 32.2. The second-order valence-corrected chi connectivity index (χ2v) is 9.21. The molecule has 0 fully saturated rings. The van der Waals surface area contributed by atoms with Gasteiger partial charge in [0.25, 0.3) is 0 Å². The molecule has 0 saturated carbocycles. The molecule has 0 bridgehead atoms. The highest BCUT2D eigenvalue weighted by Gasteiger charge is 2.13. The summed E-state index contributed by atoms with van der Waals surface area (Å²) in [5.41, 5.74) is 3.57. The van der Waals surface area contributed by atoms with E-state index in [2.05, 4.69) is 28.2 Å². The molecular formula is C19H22N2O4S2. The molecule has 3 rings (SSSR count). The zero-order valence-corrected chi connectivity index (χ0v) is 16.9. The lowest BCUT2D eigenvalue weighted by Crippen LogP contribution is -2.15. The first-order chi connectivity index (χ1) is 12.8. The Kier molecular flexibility index (Phi) is 5.96. The number of rotatable bonds is 7. The number of benzene rings is 2. The molecule has 144 valence electrons. The van der Waals surface area contributed by atoms with Crippen molar-refractivity contribution in [3.63, 3.8) is 0 Å². The summed E-state index contributed by atoms with van der Waals surface area (Å²) in [6, 6.07) is 11.2. The molecule has 0 saturated heterocycles. The minimum atomic E-state index is -3.45. The van der Waals surface area contributed by atoms with Crippen LogP contribution >= 0.6 is 11.8 Å². The highest BCUT2D eigenvalue weighted by molar-refractivity contribution is 8.00. The largest absolute Gasteiger partial charge is 0.495 e. The number of carbonyl (C=O) groups is 1. The maximum absolute atomic E-state index is 12.3.